The Morgan fingerprint density at radius 3 is 2.47 bits per heavy atom. The number of aryl methyl sites for hydroxylation is 2. The van der Waals surface area contributed by atoms with Gasteiger partial charge in [0.2, 0.25) is 0 Å². The molecule has 1 aromatic heterocycles. The average molecular weight is 246 g/mol. The summed E-state index contributed by atoms with van der Waals surface area (Å²) in [7, 11) is 2.01. The van der Waals surface area contributed by atoms with Crippen LogP contribution in [0, 0.1) is 13.8 Å². The molecule has 0 saturated heterocycles. The van der Waals surface area contributed by atoms with Gasteiger partial charge in [-0.1, -0.05) is 29.8 Å². The van der Waals surface area contributed by atoms with Gasteiger partial charge in [-0.15, -0.1) is 11.3 Å². The first kappa shape index (κ1) is 12.3. The van der Waals surface area contributed by atoms with Crippen LogP contribution in [0.15, 0.2) is 29.8 Å². The van der Waals surface area contributed by atoms with Gasteiger partial charge in [0.25, 0.3) is 0 Å². The Morgan fingerprint density at radius 2 is 1.94 bits per heavy atom. The van der Waals surface area contributed by atoms with Crippen LogP contribution in [-0.2, 0) is 6.42 Å². The maximum absolute atomic E-state index is 4.32. The standard InChI is InChI=1S/C14H18N2S/c1-10-4-6-12(7-5-10)8-13(15-3)14-11(2)16-9-17-14/h4-7,9,13,15H,8H2,1-3H3. The van der Waals surface area contributed by atoms with Crippen molar-refractivity contribution in [3.63, 3.8) is 0 Å². The fourth-order valence-electron chi connectivity index (χ4n) is 1.93. The van der Waals surface area contributed by atoms with E-state index in [4.69, 9.17) is 0 Å². The SMILES string of the molecule is CNC(Cc1ccc(C)cc1)c1scnc1C. The molecular formula is C14H18N2S. The van der Waals surface area contributed by atoms with Crippen molar-refractivity contribution < 1.29 is 0 Å². The van der Waals surface area contributed by atoms with E-state index in [1.54, 1.807) is 11.3 Å². The van der Waals surface area contributed by atoms with E-state index in [2.05, 4.69) is 48.4 Å². The van der Waals surface area contributed by atoms with Crippen molar-refractivity contribution in [2.75, 3.05) is 7.05 Å². The number of nitrogens with one attached hydrogen (secondary N) is 1. The summed E-state index contributed by atoms with van der Waals surface area (Å²) < 4.78 is 0. The average Bonchev–Trinajstić information content (AvgIpc) is 2.75. The van der Waals surface area contributed by atoms with E-state index in [9.17, 15) is 0 Å². The number of hydrogen-bond donors (Lipinski definition) is 1. The fourth-order valence-corrected chi connectivity index (χ4v) is 2.84. The first-order valence-electron chi connectivity index (χ1n) is 5.83. The Kier molecular flexibility index (Phi) is 3.92. The lowest BCUT2D eigenvalue weighted by atomic mass is 10.0. The highest BCUT2D eigenvalue weighted by atomic mass is 32.1. The van der Waals surface area contributed by atoms with E-state index in [0.29, 0.717) is 6.04 Å². The molecule has 0 bridgehead atoms. The molecule has 0 fully saturated rings. The zero-order chi connectivity index (χ0) is 12.3. The molecule has 2 rings (SSSR count). The predicted octanol–water partition coefficient (Wildman–Crippen LogP) is 3.26. The molecule has 0 aliphatic rings. The Balaban J connectivity index is 2.16. The summed E-state index contributed by atoms with van der Waals surface area (Å²) in [4.78, 5) is 5.66. The smallest absolute Gasteiger partial charge is 0.0798 e. The second-order valence-electron chi connectivity index (χ2n) is 4.33. The number of likely N-dealkylation sites (N-methyl/N-ethyl adjacent to an activating group) is 1. The molecule has 17 heavy (non-hydrogen) atoms. The molecule has 90 valence electrons. The molecule has 0 saturated carbocycles. The number of aromatic nitrogens is 1. The van der Waals surface area contributed by atoms with Gasteiger partial charge in [-0.3, -0.25) is 0 Å². The molecular weight excluding hydrogens is 228 g/mol. The van der Waals surface area contributed by atoms with Gasteiger partial charge < -0.3 is 5.32 Å². The van der Waals surface area contributed by atoms with Crippen molar-refractivity contribution in [2.45, 2.75) is 26.3 Å². The van der Waals surface area contributed by atoms with Crippen LogP contribution in [0.5, 0.6) is 0 Å². The zero-order valence-electron chi connectivity index (χ0n) is 10.5. The third-order valence-corrected chi connectivity index (χ3v) is 4.05. The maximum Gasteiger partial charge on any atom is 0.0798 e. The number of hydrogen-bond acceptors (Lipinski definition) is 3. The summed E-state index contributed by atoms with van der Waals surface area (Å²) in [5.74, 6) is 0. The molecule has 1 atom stereocenters. The summed E-state index contributed by atoms with van der Waals surface area (Å²) >= 11 is 1.73. The highest BCUT2D eigenvalue weighted by molar-refractivity contribution is 7.09. The van der Waals surface area contributed by atoms with Crippen LogP contribution in [0.4, 0.5) is 0 Å². The van der Waals surface area contributed by atoms with Gasteiger partial charge in [-0.2, -0.15) is 0 Å². The van der Waals surface area contributed by atoms with Crippen LogP contribution in [0.2, 0.25) is 0 Å². The molecule has 0 aliphatic heterocycles. The first-order chi connectivity index (χ1) is 8.20. The molecule has 0 spiro atoms. The monoisotopic (exact) mass is 246 g/mol. The molecule has 0 radical (unpaired) electrons. The van der Waals surface area contributed by atoms with Gasteiger partial charge in [0.1, 0.15) is 0 Å². The van der Waals surface area contributed by atoms with Crippen molar-refractivity contribution in [2.24, 2.45) is 0 Å². The summed E-state index contributed by atoms with van der Waals surface area (Å²) in [5, 5.41) is 3.38. The van der Waals surface area contributed by atoms with E-state index in [-0.39, 0.29) is 0 Å². The highest BCUT2D eigenvalue weighted by Crippen LogP contribution is 2.24. The lowest BCUT2D eigenvalue weighted by molar-refractivity contribution is 0.598. The molecule has 0 amide bonds. The van der Waals surface area contributed by atoms with E-state index < -0.39 is 0 Å². The zero-order valence-corrected chi connectivity index (χ0v) is 11.3. The number of thiazole rings is 1. The second-order valence-corrected chi connectivity index (χ2v) is 5.22. The fraction of sp³-hybridized carbons (Fsp3) is 0.357. The maximum atomic E-state index is 4.32. The second kappa shape index (κ2) is 5.43. The van der Waals surface area contributed by atoms with Gasteiger partial charge in [-0.25, -0.2) is 4.98 Å². The molecule has 2 nitrogen and oxygen atoms in total. The summed E-state index contributed by atoms with van der Waals surface area (Å²) in [6, 6.07) is 9.11. The molecule has 1 unspecified atom stereocenters. The van der Waals surface area contributed by atoms with Crippen LogP contribution in [-0.4, -0.2) is 12.0 Å². The summed E-state index contributed by atoms with van der Waals surface area (Å²) in [6.45, 7) is 4.19. The van der Waals surface area contributed by atoms with Crippen molar-refractivity contribution in [1.82, 2.24) is 10.3 Å². The lowest BCUT2D eigenvalue weighted by Crippen LogP contribution is -2.18. The van der Waals surface area contributed by atoms with Crippen LogP contribution >= 0.6 is 11.3 Å². The predicted molar refractivity (Wildman–Crippen MR) is 73.5 cm³/mol. The van der Waals surface area contributed by atoms with Gasteiger partial charge in [0, 0.05) is 10.9 Å². The van der Waals surface area contributed by atoms with Crippen LogP contribution in [0.1, 0.15) is 27.7 Å². The third kappa shape index (κ3) is 2.93. The quantitative estimate of drug-likeness (QED) is 0.895. The Bertz CT molecular complexity index is 473. The lowest BCUT2D eigenvalue weighted by Gasteiger charge is -2.15. The molecule has 1 aromatic carbocycles. The summed E-state index contributed by atoms with van der Waals surface area (Å²) in [6.07, 6.45) is 1.01. The van der Waals surface area contributed by atoms with Crippen LogP contribution in [0.25, 0.3) is 0 Å². The van der Waals surface area contributed by atoms with Crippen molar-refractivity contribution in [3.05, 3.63) is 51.5 Å². The number of rotatable bonds is 4. The van der Waals surface area contributed by atoms with Gasteiger partial charge in [0.05, 0.1) is 11.2 Å². The minimum absolute atomic E-state index is 0.366. The normalized spacial score (nSPS) is 12.6. The van der Waals surface area contributed by atoms with Crippen molar-refractivity contribution >= 4 is 11.3 Å². The highest BCUT2D eigenvalue weighted by Gasteiger charge is 2.14. The van der Waals surface area contributed by atoms with Gasteiger partial charge >= 0.3 is 0 Å². The molecule has 3 heteroatoms. The number of benzene rings is 1. The Hall–Kier alpha value is -1.19. The van der Waals surface area contributed by atoms with E-state index in [1.165, 1.54) is 16.0 Å². The Labute approximate surface area is 107 Å². The minimum atomic E-state index is 0.366. The van der Waals surface area contributed by atoms with E-state index in [1.807, 2.05) is 12.6 Å². The largest absolute Gasteiger partial charge is 0.312 e. The van der Waals surface area contributed by atoms with Crippen molar-refractivity contribution in [3.8, 4) is 0 Å². The van der Waals surface area contributed by atoms with Crippen molar-refractivity contribution in [1.29, 1.82) is 0 Å². The Morgan fingerprint density at radius 1 is 1.24 bits per heavy atom. The van der Waals surface area contributed by atoms with Crippen LogP contribution < -0.4 is 5.32 Å². The van der Waals surface area contributed by atoms with E-state index >= 15 is 0 Å². The van der Waals surface area contributed by atoms with Gasteiger partial charge in [-0.05, 0) is 32.9 Å². The third-order valence-electron chi connectivity index (χ3n) is 3.01. The number of nitrogens with zero attached hydrogens (tertiary/aromatic N) is 1. The molecule has 1 heterocycles. The van der Waals surface area contributed by atoms with Gasteiger partial charge in [0.15, 0.2) is 0 Å². The minimum Gasteiger partial charge on any atom is -0.312 e. The molecule has 1 N–H and O–H groups in total. The van der Waals surface area contributed by atoms with E-state index in [0.717, 1.165) is 12.1 Å². The van der Waals surface area contributed by atoms with Crippen LogP contribution in [0.3, 0.4) is 0 Å². The first-order valence-corrected chi connectivity index (χ1v) is 6.71. The topological polar surface area (TPSA) is 24.9 Å². The summed E-state index contributed by atoms with van der Waals surface area (Å²) in [5.41, 5.74) is 5.73. The molecule has 0 aliphatic carbocycles. The molecule has 2 aromatic rings.